The van der Waals surface area contributed by atoms with Gasteiger partial charge in [-0.05, 0) is 93.7 Å². The Morgan fingerprint density at radius 2 is 1.59 bits per heavy atom. The first-order chi connectivity index (χ1) is 20.6. The number of aliphatic carboxylic acids is 1. The topological polar surface area (TPSA) is 101 Å². The second-order valence-electron chi connectivity index (χ2n) is 12.3. The third-order valence-electron chi connectivity index (χ3n) is 9.46. The number of hydrogen-bond donors (Lipinski definition) is 1. The van der Waals surface area contributed by atoms with Gasteiger partial charge >= 0.3 is 12.1 Å². The molecule has 240 valence electrons. The maximum atomic E-state index is 15.8. The number of hydrogen-bond acceptors (Lipinski definition) is 5. The van der Waals surface area contributed by atoms with Gasteiger partial charge in [0.1, 0.15) is 16.4 Å². The van der Waals surface area contributed by atoms with Crippen LogP contribution in [0.4, 0.5) is 22.0 Å². The first-order valence-corrected chi connectivity index (χ1v) is 16.1. The number of amides is 1. The molecule has 5 rings (SSSR count). The lowest BCUT2D eigenvalue weighted by Crippen LogP contribution is -2.44. The Hall–Kier alpha value is -3.06. The van der Waals surface area contributed by atoms with E-state index in [0.29, 0.717) is 25.7 Å². The van der Waals surface area contributed by atoms with Crippen molar-refractivity contribution in [1.29, 1.82) is 0 Å². The highest BCUT2D eigenvalue weighted by Crippen LogP contribution is 2.48. The van der Waals surface area contributed by atoms with Gasteiger partial charge in [-0.3, -0.25) is 9.59 Å². The van der Waals surface area contributed by atoms with E-state index in [1.165, 1.54) is 4.90 Å². The summed E-state index contributed by atoms with van der Waals surface area (Å²) in [5.41, 5.74) is -3.90. The smallest absolute Gasteiger partial charge is 0.421 e. The van der Waals surface area contributed by atoms with Crippen LogP contribution < -0.4 is 0 Å². The molecule has 3 fully saturated rings. The van der Waals surface area contributed by atoms with Crippen LogP contribution in [0.2, 0.25) is 0 Å². The molecular weight excluding hydrogens is 609 g/mol. The zero-order valence-electron chi connectivity index (χ0n) is 24.1. The Kier molecular flexibility index (Phi) is 8.60. The lowest BCUT2D eigenvalue weighted by Gasteiger charge is -2.35. The molecule has 2 aromatic carbocycles. The minimum absolute atomic E-state index is 0.0355. The fourth-order valence-corrected chi connectivity index (χ4v) is 8.40. The zero-order valence-corrected chi connectivity index (χ0v) is 24.9. The van der Waals surface area contributed by atoms with Crippen LogP contribution in [0.25, 0.3) is 0 Å². The summed E-state index contributed by atoms with van der Waals surface area (Å²) >= 11 is 0. The molecule has 0 bridgehead atoms. The summed E-state index contributed by atoms with van der Waals surface area (Å²) < 4.78 is 104. The largest absolute Gasteiger partial charge is 0.481 e. The van der Waals surface area contributed by atoms with Crippen LogP contribution in [-0.4, -0.2) is 56.2 Å². The van der Waals surface area contributed by atoms with Crippen LogP contribution in [0.15, 0.2) is 47.4 Å². The third kappa shape index (κ3) is 5.84. The summed E-state index contributed by atoms with van der Waals surface area (Å²) in [6.45, 7) is 0.100. The highest BCUT2D eigenvalue weighted by molar-refractivity contribution is 7.92. The minimum Gasteiger partial charge on any atom is -0.481 e. The van der Waals surface area contributed by atoms with Gasteiger partial charge in [0.05, 0.1) is 17.4 Å². The number of alkyl halides is 3. The predicted octanol–water partition coefficient (Wildman–Crippen LogP) is 5.96. The molecule has 0 radical (unpaired) electrons. The number of likely N-dealkylation sites (tertiary alicyclic amines) is 1. The van der Waals surface area contributed by atoms with E-state index in [1.807, 2.05) is 0 Å². The molecule has 2 aromatic rings. The van der Waals surface area contributed by atoms with Gasteiger partial charge in [0.2, 0.25) is 5.91 Å². The van der Waals surface area contributed by atoms with Gasteiger partial charge in [-0.15, -0.1) is 0 Å². The van der Waals surface area contributed by atoms with E-state index in [4.69, 9.17) is 4.74 Å². The van der Waals surface area contributed by atoms with Gasteiger partial charge in [0.15, 0.2) is 15.4 Å². The average molecular weight is 644 g/mol. The van der Waals surface area contributed by atoms with Crippen molar-refractivity contribution in [1.82, 2.24) is 4.90 Å². The van der Waals surface area contributed by atoms with Crippen molar-refractivity contribution < 1.29 is 49.8 Å². The molecule has 44 heavy (non-hydrogen) atoms. The van der Waals surface area contributed by atoms with Crippen molar-refractivity contribution in [3.05, 3.63) is 65.2 Å². The highest BCUT2D eigenvalue weighted by atomic mass is 32.2. The molecular formula is C31H34F5NO6S. The van der Waals surface area contributed by atoms with E-state index in [1.54, 1.807) is 0 Å². The average Bonchev–Trinajstić information content (AvgIpc) is 3.70. The SMILES string of the molecule is CC(OCC1CC1)(c1ccc([C@]2(S(=O)(=O)c3ccc(F)cc3)CCN(C(=O)C3CCC(C(=O)O)CC3)C2)cc1F)C(F)(F)F. The standard InChI is InChI=1S/C31H34F5NO6S/c1-29(31(34,35)36,43-17-19-2-3-19)25-13-8-22(16-26(25)33)30(44(41,42)24-11-9-23(32)10-12-24)14-15-37(18-30)27(38)20-4-6-21(7-5-20)28(39)40/h8-13,16,19-21H,2-7,14-15,17-18H2,1H3,(H,39,40)/t20?,21?,29?,30-/m0/s1. The Morgan fingerprint density at radius 3 is 2.14 bits per heavy atom. The molecule has 0 spiro atoms. The van der Waals surface area contributed by atoms with E-state index in [2.05, 4.69) is 0 Å². The van der Waals surface area contributed by atoms with Crippen molar-refractivity contribution in [3.63, 3.8) is 0 Å². The maximum Gasteiger partial charge on any atom is 0.421 e. The molecule has 0 aromatic heterocycles. The Labute approximate surface area is 252 Å². The summed E-state index contributed by atoms with van der Waals surface area (Å²) in [5.74, 6) is -4.41. The van der Waals surface area contributed by atoms with Gasteiger partial charge in [0, 0.05) is 24.6 Å². The summed E-state index contributed by atoms with van der Waals surface area (Å²) in [7, 11) is -4.45. The first-order valence-electron chi connectivity index (χ1n) is 14.6. The number of carbonyl (C=O) groups is 2. The fraction of sp³-hybridized carbons (Fsp3) is 0.548. The molecule has 1 heterocycles. The van der Waals surface area contributed by atoms with Gasteiger partial charge < -0.3 is 14.7 Å². The minimum atomic E-state index is -4.97. The number of sulfone groups is 1. The summed E-state index contributed by atoms with van der Waals surface area (Å²) in [5, 5.41) is 9.29. The number of carbonyl (C=O) groups excluding carboxylic acids is 1. The predicted molar refractivity (Wildman–Crippen MR) is 148 cm³/mol. The maximum absolute atomic E-state index is 15.8. The van der Waals surface area contributed by atoms with Crippen LogP contribution in [0.5, 0.6) is 0 Å². The van der Waals surface area contributed by atoms with Gasteiger partial charge in [-0.1, -0.05) is 12.1 Å². The Bertz CT molecular complexity index is 1520. The molecule has 2 saturated carbocycles. The van der Waals surface area contributed by atoms with E-state index in [9.17, 15) is 40.7 Å². The van der Waals surface area contributed by atoms with Crippen LogP contribution >= 0.6 is 0 Å². The van der Waals surface area contributed by atoms with E-state index in [0.717, 1.165) is 62.2 Å². The quantitative estimate of drug-likeness (QED) is 0.267. The van der Waals surface area contributed by atoms with Gasteiger partial charge in [0.25, 0.3) is 0 Å². The first kappa shape index (κ1) is 32.3. The van der Waals surface area contributed by atoms with Crippen LogP contribution in [0.3, 0.4) is 0 Å². The van der Waals surface area contributed by atoms with Crippen molar-refractivity contribution in [3.8, 4) is 0 Å². The molecule has 7 nitrogen and oxygen atoms in total. The lowest BCUT2D eigenvalue weighted by molar-refractivity contribution is -0.279. The van der Waals surface area contributed by atoms with E-state index < -0.39 is 67.9 Å². The van der Waals surface area contributed by atoms with Crippen molar-refractivity contribution >= 4 is 21.7 Å². The highest BCUT2D eigenvalue weighted by Gasteiger charge is 2.57. The van der Waals surface area contributed by atoms with Crippen molar-refractivity contribution in [2.24, 2.45) is 17.8 Å². The molecule has 1 saturated heterocycles. The molecule has 1 aliphatic heterocycles. The molecule has 1 unspecified atom stereocenters. The summed E-state index contributed by atoms with van der Waals surface area (Å²) in [4.78, 5) is 25.9. The molecule has 3 aliphatic rings. The van der Waals surface area contributed by atoms with Crippen molar-refractivity contribution in [2.75, 3.05) is 19.7 Å². The number of nitrogens with zero attached hydrogens (tertiary/aromatic N) is 1. The number of carboxylic acid groups (broad SMARTS) is 1. The number of ether oxygens (including phenoxy) is 1. The normalized spacial score (nSPS) is 25.9. The second kappa shape index (κ2) is 11.7. The Balaban J connectivity index is 1.52. The lowest BCUT2D eigenvalue weighted by atomic mass is 9.81. The fourth-order valence-electron chi connectivity index (χ4n) is 6.33. The van der Waals surface area contributed by atoms with Gasteiger partial charge in [-0.25, -0.2) is 17.2 Å². The summed E-state index contributed by atoms with van der Waals surface area (Å²) in [6, 6.07) is 6.82. The zero-order chi connectivity index (χ0) is 32.1. The van der Waals surface area contributed by atoms with Crippen LogP contribution in [-0.2, 0) is 34.5 Å². The second-order valence-corrected chi connectivity index (χ2v) is 14.6. The van der Waals surface area contributed by atoms with Crippen LogP contribution in [0.1, 0.15) is 63.0 Å². The molecule has 1 amide bonds. The van der Waals surface area contributed by atoms with Crippen molar-refractivity contribution in [2.45, 2.75) is 73.3 Å². The monoisotopic (exact) mass is 643 g/mol. The van der Waals surface area contributed by atoms with E-state index in [-0.39, 0.29) is 41.9 Å². The van der Waals surface area contributed by atoms with Gasteiger partial charge in [-0.2, -0.15) is 13.2 Å². The Morgan fingerprint density at radius 1 is 0.977 bits per heavy atom. The molecule has 13 heteroatoms. The molecule has 2 aliphatic carbocycles. The summed E-state index contributed by atoms with van der Waals surface area (Å²) in [6.07, 6.45) is -2.51. The molecule has 2 atom stereocenters. The number of rotatable bonds is 9. The molecule has 1 N–H and O–H groups in total. The third-order valence-corrected chi connectivity index (χ3v) is 12.0. The number of benzene rings is 2. The van der Waals surface area contributed by atoms with Crippen LogP contribution in [0, 0.1) is 29.4 Å². The number of carboxylic acids is 1. The number of halogens is 5. The van der Waals surface area contributed by atoms with E-state index >= 15 is 4.39 Å².